The first-order chi connectivity index (χ1) is 8.81. The Hall–Kier alpha value is -0.350. The highest BCUT2D eigenvalue weighted by molar-refractivity contribution is 7.10. The van der Waals surface area contributed by atoms with Gasteiger partial charge in [-0.05, 0) is 59.6 Å². The van der Waals surface area contributed by atoms with E-state index in [4.69, 9.17) is 11.6 Å². The van der Waals surface area contributed by atoms with Crippen molar-refractivity contribution >= 4 is 34.3 Å². The predicted molar refractivity (Wildman–Crippen MR) is 83.0 cm³/mol. The Labute approximate surface area is 122 Å². The number of aryl methyl sites for hydroxylation is 1. The third kappa shape index (κ3) is 3.82. The third-order valence-electron chi connectivity index (χ3n) is 2.90. The van der Waals surface area contributed by atoms with E-state index in [1.807, 2.05) is 6.07 Å². The van der Waals surface area contributed by atoms with Gasteiger partial charge in [0.1, 0.15) is 0 Å². The molecule has 0 bridgehead atoms. The molecule has 0 saturated heterocycles. The minimum Gasteiger partial charge on any atom is -0.309 e. The number of halogens is 1. The predicted octanol–water partition coefficient (Wildman–Crippen LogP) is 5.14. The largest absolute Gasteiger partial charge is 0.309 e. The minimum atomic E-state index is 0.386. The number of rotatable bonds is 7. The van der Waals surface area contributed by atoms with Gasteiger partial charge in [0.25, 0.3) is 0 Å². The molecule has 2 aromatic heterocycles. The van der Waals surface area contributed by atoms with Gasteiger partial charge in [-0.1, -0.05) is 18.5 Å². The van der Waals surface area contributed by atoms with E-state index in [1.54, 1.807) is 22.7 Å². The van der Waals surface area contributed by atoms with Crippen LogP contribution in [0.4, 0.5) is 0 Å². The van der Waals surface area contributed by atoms with Crippen molar-refractivity contribution in [2.24, 2.45) is 0 Å². The van der Waals surface area contributed by atoms with E-state index in [0.29, 0.717) is 6.04 Å². The molecule has 1 unspecified atom stereocenters. The highest BCUT2D eigenvalue weighted by atomic mass is 35.5. The van der Waals surface area contributed by atoms with Crippen LogP contribution in [-0.4, -0.2) is 6.54 Å². The standard InChI is InChI=1S/C14H18ClNS2/c1-2-7-16-13(14-12(15)6-9-18-14)4-3-11-5-8-17-10-11/h5-6,8-10,13,16H,2-4,7H2,1H3. The summed E-state index contributed by atoms with van der Waals surface area (Å²) in [7, 11) is 0. The van der Waals surface area contributed by atoms with E-state index < -0.39 is 0 Å². The molecule has 98 valence electrons. The first-order valence-corrected chi connectivity index (χ1v) is 8.48. The fourth-order valence-electron chi connectivity index (χ4n) is 1.94. The highest BCUT2D eigenvalue weighted by Gasteiger charge is 2.15. The van der Waals surface area contributed by atoms with Crippen molar-refractivity contribution in [3.8, 4) is 0 Å². The number of hydrogen-bond acceptors (Lipinski definition) is 3. The van der Waals surface area contributed by atoms with Crippen LogP contribution in [-0.2, 0) is 6.42 Å². The summed E-state index contributed by atoms with van der Waals surface area (Å²) in [6, 6.07) is 4.59. The first-order valence-electron chi connectivity index (χ1n) is 6.28. The van der Waals surface area contributed by atoms with Crippen LogP contribution >= 0.6 is 34.3 Å². The van der Waals surface area contributed by atoms with E-state index in [1.165, 1.54) is 10.4 Å². The molecule has 0 aromatic carbocycles. The van der Waals surface area contributed by atoms with Crippen LogP contribution in [0.1, 0.15) is 36.2 Å². The van der Waals surface area contributed by atoms with E-state index in [9.17, 15) is 0 Å². The Bertz CT molecular complexity index is 450. The van der Waals surface area contributed by atoms with Gasteiger partial charge >= 0.3 is 0 Å². The Balaban J connectivity index is 1.99. The fraction of sp³-hybridized carbons (Fsp3) is 0.429. The topological polar surface area (TPSA) is 12.0 Å². The van der Waals surface area contributed by atoms with Gasteiger partial charge in [0.2, 0.25) is 0 Å². The zero-order valence-electron chi connectivity index (χ0n) is 10.5. The van der Waals surface area contributed by atoms with Gasteiger partial charge in [0.05, 0.1) is 5.02 Å². The molecule has 18 heavy (non-hydrogen) atoms. The van der Waals surface area contributed by atoms with Gasteiger partial charge in [-0.2, -0.15) is 11.3 Å². The summed E-state index contributed by atoms with van der Waals surface area (Å²) in [4.78, 5) is 1.28. The van der Waals surface area contributed by atoms with Crippen LogP contribution in [0.2, 0.25) is 5.02 Å². The zero-order valence-corrected chi connectivity index (χ0v) is 12.9. The molecule has 0 amide bonds. The molecule has 0 aliphatic rings. The molecule has 0 saturated carbocycles. The lowest BCUT2D eigenvalue weighted by Gasteiger charge is -2.17. The molecule has 0 fully saturated rings. The van der Waals surface area contributed by atoms with Gasteiger partial charge in [-0.25, -0.2) is 0 Å². The average Bonchev–Trinajstić information content (AvgIpc) is 3.01. The summed E-state index contributed by atoms with van der Waals surface area (Å²) in [5.74, 6) is 0. The third-order valence-corrected chi connectivity index (χ3v) is 5.11. The second kappa shape index (κ2) is 7.29. The van der Waals surface area contributed by atoms with Crippen LogP contribution < -0.4 is 5.32 Å². The molecule has 2 heterocycles. The Morgan fingerprint density at radius 2 is 2.22 bits per heavy atom. The summed E-state index contributed by atoms with van der Waals surface area (Å²) in [6.45, 7) is 3.24. The number of thiophene rings is 2. The van der Waals surface area contributed by atoms with Gasteiger partial charge < -0.3 is 5.32 Å². The van der Waals surface area contributed by atoms with E-state index in [0.717, 1.165) is 30.8 Å². The van der Waals surface area contributed by atoms with Crippen molar-refractivity contribution in [2.45, 2.75) is 32.2 Å². The summed E-state index contributed by atoms with van der Waals surface area (Å²) in [5.41, 5.74) is 1.43. The maximum Gasteiger partial charge on any atom is 0.0561 e. The van der Waals surface area contributed by atoms with Gasteiger partial charge in [0, 0.05) is 10.9 Å². The molecule has 0 aliphatic carbocycles. The van der Waals surface area contributed by atoms with Gasteiger partial charge in [0.15, 0.2) is 0 Å². The van der Waals surface area contributed by atoms with E-state index >= 15 is 0 Å². The SMILES string of the molecule is CCCNC(CCc1ccsc1)c1sccc1Cl. The Kier molecular flexibility index (Phi) is 5.70. The molecule has 1 atom stereocenters. The average molecular weight is 300 g/mol. The van der Waals surface area contributed by atoms with Crippen molar-refractivity contribution in [3.05, 3.63) is 43.7 Å². The van der Waals surface area contributed by atoms with Gasteiger partial charge in [-0.3, -0.25) is 0 Å². The molecule has 1 N–H and O–H groups in total. The van der Waals surface area contributed by atoms with E-state index in [2.05, 4.69) is 34.4 Å². The van der Waals surface area contributed by atoms with Gasteiger partial charge in [-0.15, -0.1) is 11.3 Å². The van der Waals surface area contributed by atoms with Crippen LogP contribution in [0.3, 0.4) is 0 Å². The smallest absolute Gasteiger partial charge is 0.0561 e. The quantitative estimate of drug-likeness (QED) is 0.747. The molecule has 0 radical (unpaired) electrons. The fourth-order valence-corrected chi connectivity index (χ4v) is 3.95. The normalized spacial score (nSPS) is 12.8. The summed E-state index contributed by atoms with van der Waals surface area (Å²) in [6.07, 6.45) is 3.37. The monoisotopic (exact) mass is 299 g/mol. The second-order valence-electron chi connectivity index (χ2n) is 4.31. The molecular formula is C14H18ClNS2. The second-order valence-corrected chi connectivity index (χ2v) is 6.44. The first kappa shape index (κ1) is 14.1. The van der Waals surface area contributed by atoms with Crippen molar-refractivity contribution < 1.29 is 0 Å². The highest BCUT2D eigenvalue weighted by Crippen LogP contribution is 2.31. The molecule has 2 rings (SSSR count). The maximum absolute atomic E-state index is 6.25. The minimum absolute atomic E-state index is 0.386. The van der Waals surface area contributed by atoms with Crippen LogP contribution in [0.5, 0.6) is 0 Å². The lowest BCUT2D eigenvalue weighted by molar-refractivity contribution is 0.506. The molecule has 0 spiro atoms. The Morgan fingerprint density at radius 1 is 1.33 bits per heavy atom. The maximum atomic E-state index is 6.25. The summed E-state index contributed by atoms with van der Waals surface area (Å²) >= 11 is 9.77. The van der Waals surface area contributed by atoms with Crippen molar-refractivity contribution in [1.29, 1.82) is 0 Å². The lowest BCUT2D eigenvalue weighted by atomic mass is 10.1. The molecule has 4 heteroatoms. The molecule has 1 nitrogen and oxygen atoms in total. The van der Waals surface area contributed by atoms with Crippen LogP contribution in [0, 0.1) is 0 Å². The van der Waals surface area contributed by atoms with Crippen molar-refractivity contribution in [2.75, 3.05) is 6.54 Å². The number of nitrogens with one attached hydrogen (secondary N) is 1. The molecular weight excluding hydrogens is 282 g/mol. The van der Waals surface area contributed by atoms with Crippen LogP contribution in [0.25, 0.3) is 0 Å². The van der Waals surface area contributed by atoms with Crippen LogP contribution in [0.15, 0.2) is 28.3 Å². The van der Waals surface area contributed by atoms with Crippen molar-refractivity contribution in [3.63, 3.8) is 0 Å². The number of hydrogen-bond donors (Lipinski definition) is 1. The lowest BCUT2D eigenvalue weighted by Crippen LogP contribution is -2.22. The molecule has 0 aliphatic heterocycles. The molecule has 2 aromatic rings. The zero-order chi connectivity index (χ0) is 12.8. The summed E-state index contributed by atoms with van der Waals surface area (Å²) < 4.78 is 0. The summed E-state index contributed by atoms with van der Waals surface area (Å²) in [5, 5.41) is 10.9. The Morgan fingerprint density at radius 3 is 2.83 bits per heavy atom. The van der Waals surface area contributed by atoms with Crippen molar-refractivity contribution in [1.82, 2.24) is 5.32 Å². The van der Waals surface area contributed by atoms with E-state index in [-0.39, 0.29) is 0 Å².